The van der Waals surface area contributed by atoms with Crippen molar-refractivity contribution in [2.24, 2.45) is 0 Å². The molecule has 1 aliphatic heterocycles. The van der Waals surface area contributed by atoms with E-state index in [-0.39, 0.29) is 22.7 Å². The molecule has 1 unspecified atom stereocenters. The number of nitrogens with zero attached hydrogens (tertiary/aromatic N) is 5. The third-order valence-electron chi connectivity index (χ3n) is 5.20. The fourth-order valence-corrected chi connectivity index (χ4v) is 4.95. The maximum absolute atomic E-state index is 12.5. The van der Waals surface area contributed by atoms with Gasteiger partial charge in [-0.2, -0.15) is 0 Å². The van der Waals surface area contributed by atoms with Gasteiger partial charge in [-0.05, 0) is 31.4 Å². The van der Waals surface area contributed by atoms with Gasteiger partial charge < -0.3 is 4.98 Å². The number of piperidine rings is 1. The normalized spacial score (nSPS) is 18.3. The summed E-state index contributed by atoms with van der Waals surface area (Å²) in [4.78, 5) is 19.9. The van der Waals surface area contributed by atoms with E-state index in [1.807, 2.05) is 18.2 Å². The van der Waals surface area contributed by atoms with Crippen LogP contribution in [-0.4, -0.2) is 56.5 Å². The van der Waals surface area contributed by atoms with Crippen LogP contribution in [0, 0.1) is 0 Å². The fourth-order valence-electron chi connectivity index (χ4n) is 3.57. The average Bonchev–Trinajstić information content (AvgIpc) is 3.13. The SMILES string of the molecule is CCS(=O)(=O)N1CCCC(c2nc3c(nnn3Cc3ccccc3Cl)c(=O)[nH]2)C1. The third kappa shape index (κ3) is 3.92. The van der Waals surface area contributed by atoms with Crippen molar-refractivity contribution in [3.05, 3.63) is 51.0 Å². The molecule has 154 valence electrons. The second-order valence-electron chi connectivity index (χ2n) is 7.06. The van der Waals surface area contributed by atoms with Gasteiger partial charge in [0, 0.05) is 24.0 Å². The minimum atomic E-state index is -3.29. The molecule has 2 aromatic heterocycles. The van der Waals surface area contributed by atoms with E-state index in [9.17, 15) is 13.2 Å². The van der Waals surface area contributed by atoms with Crippen LogP contribution in [-0.2, 0) is 16.6 Å². The molecule has 1 aliphatic rings. The van der Waals surface area contributed by atoms with Crippen molar-refractivity contribution < 1.29 is 8.42 Å². The van der Waals surface area contributed by atoms with Crippen LogP contribution >= 0.6 is 11.6 Å². The highest BCUT2D eigenvalue weighted by molar-refractivity contribution is 7.89. The summed E-state index contributed by atoms with van der Waals surface area (Å²) in [5.74, 6) is 0.323. The van der Waals surface area contributed by atoms with Gasteiger partial charge in [-0.25, -0.2) is 22.4 Å². The van der Waals surface area contributed by atoms with E-state index in [0.29, 0.717) is 42.5 Å². The number of nitrogens with one attached hydrogen (secondary N) is 1. The Morgan fingerprint density at radius 3 is 2.86 bits per heavy atom. The van der Waals surface area contributed by atoms with E-state index in [4.69, 9.17) is 11.6 Å². The average molecular weight is 437 g/mol. The summed E-state index contributed by atoms with van der Waals surface area (Å²) >= 11 is 6.24. The van der Waals surface area contributed by atoms with Gasteiger partial charge in [0.15, 0.2) is 11.2 Å². The monoisotopic (exact) mass is 436 g/mol. The molecular formula is C18H21ClN6O3S. The predicted molar refractivity (Wildman–Crippen MR) is 110 cm³/mol. The smallest absolute Gasteiger partial charge is 0.281 e. The zero-order chi connectivity index (χ0) is 20.6. The molecule has 1 atom stereocenters. The fraction of sp³-hybridized carbons (Fsp3) is 0.444. The molecule has 1 fully saturated rings. The molecule has 4 rings (SSSR count). The zero-order valence-electron chi connectivity index (χ0n) is 15.9. The molecule has 0 bridgehead atoms. The Morgan fingerprint density at radius 1 is 1.31 bits per heavy atom. The highest BCUT2D eigenvalue weighted by atomic mass is 35.5. The Labute approximate surface area is 172 Å². The van der Waals surface area contributed by atoms with Crippen molar-refractivity contribution >= 4 is 32.8 Å². The molecule has 1 N–H and O–H groups in total. The Bertz CT molecular complexity index is 1210. The number of hydrogen-bond acceptors (Lipinski definition) is 6. The third-order valence-corrected chi connectivity index (χ3v) is 7.42. The van der Waals surface area contributed by atoms with Gasteiger partial charge in [-0.3, -0.25) is 4.79 Å². The number of H-pyrrole nitrogens is 1. The number of aromatic amines is 1. The van der Waals surface area contributed by atoms with Crippen LogP contribution in [0.1, 0.15) is 37.1 Å². The van der Waals surface area contributed by atoms with E-state index in [1.165, 1.54) is 4.31 Å². The quantitative estimate of drug-likeness (QED) is 0.651. The van der Waals surface area contributed by atoms with Gasteiger partial charge in [0.25, 0.3) is 5.56 Å². The predicted octanol–water partition coefficient (Wildman–Crippen LogP) is 1.75. The van der Waals surface area contributed by atoms with Crippen molar-refractivity contribution in [1.29, 1.82) is 0 Å². The van der Waals surface area contributed by atoms with Crippen LogP contribution in [0.15, 0.2) is 29.1 Å². The number of sulfonamides is 1. The van der Waals surface area contributed by atoms with E-state index in [1.54, 1.807) is 17.7 Å². The maximum atomic E-state index is 12.5. The highest BCUT2D eigenvalue weighted by Crippen LogP contribution is 2.26. The molecule has 0 aliphatic carbocycles. The molecule has 11 heteroatoms. The van der Waals surface area contributed by atoms with Crippen LogP contribution < -0.4 is 5.56 Å². The molecular weight excluding hydrogens is 416 g/mol. The summed E-state index contributed by atoms with van der Waals surface area (Å²) in [6.45, 7) is 2.75. The molecule has 1 aromatic carbocycles. The molecule has 3 aromatic rings. The number of benzene rings is 1. The number of rotatable bonds is 5. The van der Waals surface area contributed by atoms with Crippen LogP contribution in [0.2, 0.25) is 5.02 Å². The van der Waals surface area contributed by atoms with Gasteiger partial charge in [0.1, 0.15) is 5.82 Å². The Kier molecular flexibility index (Phi) is 5.41. The summed E-state index contributed by atoms with van der Waals surface area (Å²) in [6.07, 6.45) is 1.46. The first-order valence-corrected chi connectivity index (χ1v) is 11.4. The topological polar surface area (TPSA) is 114 Å². The second-order valence-corrected chi connectivity index (χ2v) is 9.72. The molecule has 0 radical (unpaired) electrons. The summed E-state index contributed by atoms with van der Waals surface area (Å²) < 4.78 is 27.5. The molecule has 9 nitrogen and oxygen atoms in total. The maximum Gasteiger partial charge on any atom is 0.281 e. The molecule has 0 spiro atoms. The van der Waals surface area contributed by atoms with Gasteiger partial charge in [-0.1, -0.05) is 35.0 Å². The highest BCUT2D eigenvalue weighted by Gasteiger charge is 2.30. The Morgan fingerprint density at radius 2 is 2.10 bits per heavy atom. The lowest BCUT2D eigenvalue weighted by atomic mass is 9.99. The zero-order valence-corrected chi connectivity index (χ0v) is 17.4. The Balaban J connectivity index is 1.70. The molecule has 3 heterocycles. The minimum Gasteiger partial charge on any atom is -0.308 e. The van der Waals surface area contributed by atoms with E-state index >= 15 is 0 Å². The van der Waals surface area contributed by atoms with Crippen LogP contribution in [0.5, 0.6) is 0 Å². The van der Waals surface area contributed by atoms with Crippen LogP contribution in [0.4, 0.5) is 0 Å². The Hall–Kier alpha value is -2.30. The summed E-state index contributed by atoms with van der Waals surface area (Å²) in [5, 5.41) is 8.61. The number of halogens is 1. The number of fused-ring (bicyclic) bond motifs is 1. The van der Waals surface area contributed by atoms with Crippen LogP contribution in [0.3, 0.4) is 0 Å². The standard InChI is InChI=1S/C18H21ClN6O3S/c1-2-29(27,28)24-9-5-7-13(10-24)16-20-17-15(18(26)21-16)22-23-25(17)11-12-6-3-4-8-14(12)19/h3-4,6,8,13H,2,5,7,9-11H2,1H3,(H,20,21,26). The molecule has 29 heavy (non-hydrogen) atoms. The van der Waals surface area contributed by atoms with E-state index in [2.05, 4.69) is 20.3 Å². The molecule has 0 amide bonds. The van der Waals surface area contributed by atoms with Crippen molar-refractivity contribution in [2.75, 3.05) is 18.8 Å². The first-order valence-electron chi connectivity index (χ1n) is 9.43. The number of hydrogen-bond donors (Lipinski definition) is 1. The van der Waals surface area contributed by atoms with Crippen LogP contribution in [0.25, 0.3) is 11.2 Å². The first-order chi connectivity index (χ1) is 13.9. The van der Waals surface area contributed by atoms with Crippen molar-refractivity contribution in [1.82, 2.24) is 29.3 Å². The largest absolute Gasteiger partial charge is 0.308 e. The lowest BCUT2D eigenvalue weighted by molar-refractivity contribution is 0.309. The van der Waals surface area contributed by atoms with Crippen molar-refractivity contribution in [2.45, 2.75) is 32.2 Å². The first kappa shape index (κ1) is 20.0. The van der Waals surface area contributed by atoms with E-state index < -0.39 is 10.0 Å². The molecule has 1 saturated heterocycles. The summed E-state index contributed by atoms with van der Waals surface area (Å²) in [7, 11) is -3.29. The van der Waals surface area contributed by atoms with Crippen molar-refractivity contribution in [3.63, 3.8) is 0 Å². The van der Waals surface area contributed by atoms with E-state index in [0.717, 1.165) is 12.0 Å². The summed E-state index contributed by atoms with van der Waals surface area (Å²) in [6, 6.07) is 7.37. The lowest BCUT2D eigenvalue weighted by Crippen LogP contribution is -2.40. The van der Waals surface area contributed by atoms with Gasteiger partial charge >= 0.3 is 0 Å². The van der Waals surface area contributed by atoms with Gasteiger partial charge in [0.2, 0.25) is 10.0 Å². The van der Waals surface area contributed by atoms with Gasteiger partial charge in [-0.15, -0.1) is 5.10 Å². The van der Waals surface area contributed by atoms with Crippen molar-refractivity contribution in [3.8, 4) is 0 Å². The second kappa shape index (κ2) is 7.85. The number of aromatic nitrogens is 5. The van der Waals surface area contributed by atoms with Gasteiger partial charge in [0.05, 0.1) is 12.3 Å². The summed E-state index contributed by atoms with van der Waals surface area (Å²) in [5.41, 5.74) is 0.960. The minimum absolute atomic E-state index is 0.0528. The lowest BCUT2D eigenvalue weighted by Gasteiger charge is -2.31. The molecule has 0 saturated carbocycles.